The third kappa shape index (κ3) is 5.88. The normalized spacial score (nSPS) is 11.3. The highest BCUT2D eigenvalue weighted by molar-refractivity contribution is 5.89. The summed E-state index contributed by atoms with van der Waals surface area (Å²) in [7, 11) is 0. The Bertz CT molecular complexity index is 1270. The maximum atomic E-state index is 12.9. The zero-order valence-corrected chi connectivity index (χ0v) is 18.4. The summed E-state index contributed by atoms with van der Waals surface area (Å²) >= 11 is 0. The van der Waals surface area contributed by atoms with Gasteiger partial charge in [0, 0.05) is 26.6 Å². The number of anilines is 1. The molecule has 1 aromatic carbocycles. The number of halogens is 3. The van der Waals surface area contributed by atoms with Gasteiger partial charge in [0.2, 0.25) is 11.6 Å². The summed E-state index contributed by atoms with van der Waals surface area (Å²) in [6.45, 7) is 3.13. The smallest absolute Gasteiger partial charge is 0.416 e. The van der Waals surface area contributed by atoms with Crippen LogP contribution in [0.4, 0.5) is 19.0 Å². The molecule has 1 amide bonds. The number of hydrogen-bond acceptors (Lipinski definition) is 7. The van der Waals surface area contributed by atoms with Crippen molar-refractivity contribution in [2.45, 2.75) is 33.1 Å². The maximum absolute atomic E-state index is 12.9. The largest absolute Gasteiger partial charge is 0.461 e. The third-order valence-electron chi connectivity index (χ3n) is 4.70. The Hall–Kier alpha value is -3.96. The van der Waals surface area contributed by atoms with Crippen LogP contribution in [0.3, 0.4) is 0 Å². The number of alkyl halides is 3. The Morgan fingerprint density at radius 2 is 1.91 bits per heavy atom. The van der Waals surface area contributed by atoms with Gasteiger partial charge in [-0.1, -0.05) is 12.1 Å². The number of benzene rings is 1. The molecule has 3 aromatic rings. The van der Waals surface area contributed by atoms with E-state index in [2.05, 4.69) is 20.6 Å². The van der Waals surface area contributed by atoms with Gasteiger partial charge in [-0.3, -0.25) is 14.2 Å². The second-order valence-corrected chi connectivity index (χ2v) is 7.21. The number of rotatable bonds is 8. The SMILES string of the molecule is CCOC(=O)c1nc2ccc(NCc3cccc(C(F)(F)F)c3)nc2n(CCNC(C)=O)c1=O. The fraction of sp³-hybridized carbons (Fsp3) is 0.318. The van der Waals surface area contributed by atoms with Crippen molar-refractivity contribution in [3.63, 3.8) is 0 Å². The summed E-state index contributed by atoms with van der Waals surface area (Å²) in [5, 5.41) is 5.50. The Morgan fingerprint density at radius 1 is 1.15 bits per heavy atom. The topological polar surface area (TPSA) is 115 Å². The number of ether oxygens (including phenoxy) is 1. The van der Waals surface area contributed by atoms with E-state index in [0.29, 0.717) is 5.56 Å². The Morgan fingerprint density at radius 3 is 2.59 bits per heavy atom. The molecule has 0 saturated carbocycles. The van der Waals surface area contributed by atoms with Crippen molar-refractivity contribution in [1.29, 1.82) is 0 Å². The minimum absolute atomic E-state index is 0.00786. The quantitative estimate of drug-likeness (QED) is 0.480. The van der Waals surface area contributed by atoms with Crippen LogP contribution in [-0.2, 0) is 28.8 Å². The van der Waals surface area contributed by atoms with Crippen LogP contribution >= 0.6 is 0 Å². The molecule has 0 atom stereocenters. The molecule has 0 spiro atoms. The van der Waals surface area contributed by atoms with Gasteiger partial charge in [0.15, 0.2) is 5.65 Å². The van der Waals surface area contributed by atoms with Crippen molar-refractivity contribution in [2.24, 2.45) is 0 Å². The van der Waals surface area contributed by atoms with E-state index in [1.165, 1.54) is 29.7 Å². The number of pyridine rings is 1. The van der Waals surface area contributed by atoms with E-state index in [4.69, 9.17) is 4.74 Å². The van der Waals surface area contributed by atoms with Gasteiger partial charge in [-0.15, -0.1) is 0 Å². The minimum Gasteiger partial charge on any atom is -0.461 e. The van der Waals surface area contributed by atoms with Crippen LogP contribution in [0.1, 0.15) is 35.5 Å². The molecule has 0 unspecified atom stereocenters. The average Bonchev–Trinajstić information content (AvgIpc) is 2.78. The lowest BCUT2D eigenvalue weighted by molar-refractivity contribution is -0.137. The van der Waals surface area contributed by atoms with Crippen LogP contribution in [0.5, 0.6) is 0 Å². The Labute approximate surface area is 192 Å². The van der Waals surface area contributed by atoms with Crippen molar-refractivity contribution in [3.05, 3.63) is 63.6 Å². The Balaban J connectivity index is 1.94. The fourth-order valence-corrected chi connectivity index (χ4v) is 3.15. The number of amides is 1. The highest BCUT2D eigenvalue weighted by Gasteiger charge is 2.30. The zero-order chi connectivity index (χ0) is 24.9. The minimum atomic E-state index is -4.45. The summed E-state index contributed by atoms with van der Waals surface area (Å²) in [5.74, 6) is -0.897. The first-order valence-corrected chi connectivity index (χ1v) is 10.3. The highest BCUT2D eigenvalue weighted by atomic mass is 19.4. The summed E-state index contributed by atoms with van der Waals surface area (Å²) < 4.78 is 44.9. The standard InChI is InChI=1S/C22H22F3N5O4/c1-3-34-21(33)18-20(32)30(10-9-26-13(2)31)19-16(28-18)7-8-17(29-19)27-12-14-5-4-6-15(11-14)22(23,24)25/h4-8,11H,3,9-10,12H2,1-2H3,(H,26,31)(H,27,29). The second kappa shape index (κ2) is 10.3. The first kappa shape index (κ1) is 24.7. The zero-order valence-electron chi connectivity index (χ0n) is 18.4. The molecule has 0 fully saturated rings. The molecule has 9 nitrogen and oxygen atoms in total. The number of carbonyl (C=O) groups excluding carboxylic acids is 2. The van der Waals surface area contributed by atoms with Crippen molar-refractivity contribution < 1.29 is 27.5 Å². The van der Waals surface area contributed by atoms with E-state index >= 15 is 0 Å². The van der Waals surface area contributed by atoms with Gasteiger partial charge < -0.3 is 15.4 Å². The first-order valence-electron chi connectivity index (χ1n) is 10.3. The van der Waals surface area contributed by atoms with Gasteiger partial charge in [0.1, 0.15) is 11.3 Å². The average molecular weight is 477 g/mol. The maximum Gasteiger partial charge on any atom is 0.416 e. The van der Waals surface area contributed by atoms with Crippen molar-refractivity contribution in [3.8, 4) is 0 Å². The third-order valence-corrected chi connectivity index (χ3v) is 4.70. The predicted octanol–water partition coefficient (Wildman–Crippen LogP) is 2.74. The Kier molecular flexibility index (Phi) is 7.49. The molecule has 0 saturated heterocycles. The van der Waals surface area contributed by atoms with Gasteiger partial charge in [-0.05, 0) is 36.8 Å². The highest BCUT2D eigenvalue weighted by Crippen LogP contribution is 2.29. The van der Waals surface area contributed by atoms with Gasteiger partial charge in [0.05, 0.1) is 12.2 Å². The monoisotopic (exact) mass is 477 g/mol. The molecular weight excluding hydrogens is 455 g/mol. The molecule has 2 heterocycles. The fourth-order valence-electron chi connectivity index (χ4n) is 3.15. The van der Waals surface area contributed by atoms with E-state index in [1.807, 2.05) is 0 Å². The van der Waals surface area contributed by atoms with Crippen LogP contribution < -0.4 is 16.2 Å². The van der Waals surface area contributed by atoms with Crippen molar-refractivity contribution >= 4 is 28.9 Å². The van der Waals surface area contributed by atoms with E-state index in [-0.39, 0.29) is 49.1 Å². The molecule has 34 heavy (non-hydrogen) atoms. The number of aromatic nitrogens is 3. The summed E-state index contributed by atoms with van der Waals surface area (Å²) in [4.78, 5) is 44.8. The number of esters is 1. The van der Waals surface area contributed by atoms with E-state index in [9.17, 15) is 27.6 Å². The molecule has 180 valence electrons. The molecule has 12 heteroatoms. The predicted molar refractivity (Wildman–Crippen MR) is 117 cm³/mol. The van der Waals surface area contributed by atoms with Crippen molar-refractivity contribution in [2.75, 3.05) is 18.5 Å². The second-order valence-electron chi connectivity index (χ2n) is 7.21. The molecular formula is C22H22F3N5O4. The number of fused-ring (bicyclic) bond motifs is 1. The molecule has 2 N–H and O–H groups in total. The number of nitrogens with zero attached hydrogens (tertiary/aromatic N) is 3. The number of carbonyl (C=O) groups is 2. The lowest BCUT2D eigenvalue weighted by Gasteiger charge is -2.13. The number of nitrogens with one attached hydrogen (secondary N) is 2. The van der Waals surface area contributed by atoms with E-state index in [1.54, 1.807) is 13.0 Å². The molecule has 0 bridgehead atoms. The van der Waals surface area contributed by atoms with Crippen LogP contribution in [0, 0.1) is 0 Å². The lowest BCUT2D eigenvalue weighted by atomic mass is 10.1. The van der Waals surface area contributed by atoms with E-state index in [0.717, 1.165) is 12.1 Å². The summed E-state index contributed by atoms with van der Waals surface area (Å²) in [6, 6.07) is 7.92. The summed E-state index contributed by atoms with van der Waals surface area (Å²) in [5.41, 5.74) is -1.16. The van der Waals surface area contributed by atoms with E-state index < -0.39 is 29.0 Å². The van der Waals surface area contributed by atoms with Crippen LogP contribution in [0.2, 0.25) is 0 Å². The molecule has 0 aliphatic carbocycles. The lowest BCUT2D eigenvalue weighted by Crippen LogP contribution is -2.34. The molecule has 0 aliphatic heterocycles. The summed E-state index contributed by atoms with van der Waals surface area (Å²) in [6.07, 6.45) is -4.45. The van der Waals surface area contributed by atoms with Gasteiger partial charge in [-0.25, -0.2) is 14.8 Å². The molecule has 0 radical (unpaired) electrons. The van der Waals surface area contributed by atoms with Crippen molar-refractivity contribution in [1.82, 2.24) is 19.9 Å². The van der Waals surface area contributed by atoms with Crippen LogP contribution in [-0.4, -0.2) is 39.6 Å². The number of hydrogen-bond donors (Lipinski definition) is 2. The molecule has 0 aliphatic rings. The van der Waals surface area contributed by atoms with Crippen LogP contribution in [0.15, 0.2) is 41.2 Å². The molecule has 2 aromatic heterocycles. The molecule has 3 rings (SSSR count). The van der Waals surface area contributed by atoms with Gasteiger partial charge >= 0.3 is 12.1 Å². The van der Waals surface area contributed by atoms with Gasteiger partial charge in [-0.2, -0.15) is 13.2 Å². The van der Waals surface area contributed by atoms with Gasteiger partial charge in [0.25, 0.3) is 5.56 Å². The first-order chi connectivity index (χ1) is 16.1. The van der Waals surface area contributed by atoms with Crippen LogP contribution in [0.25, 0.3) is 11.2 Å².